The number of thiol groups is 1. The molecule has 1 aromatic rings. The molecule has 0 amide bonds. The fourth-order valence-corrected chi connectivity index (χ4v) is 1.21. The van der Waals surface area contributed by atoms with Gasteiger partial charge in [-0.05, 0) is 11.6 Å². The molecule has 0 aliphatic rings. The second-order valence-corrected chi connectivity index (χ2v) is 3.79. The summed E-state index contributed by atoms with van der Waals surface area (Å²) >= 11 is 9.85. The Bertz CT molecular complexity index is 423. The van der Waals surface area contributed by atoms with Crippen molar-refractivity contribution in [1.82, 2.24) is 0 Å². The van der Waals surface area contributed by atoms with Crippen LogP contribution < -0.4 is 4.74 Å². The van der Waals surface area contributed by atoms with Gasteiger partial charge in [-0.15, -0.1) is 0 Å². The van der Waals surface area contributed by atoms with E-state index in [1.807, 2.05) is 0 Å². The molecule has 86 valence electrons. The highest BCUT2D eigenvalue weighted by atomic mass is 35.5. The van der Waals surface area contributed by atoms with E-state index in [9.17, 15) is 10.1 Å². The first-order valence-electron chi connectivity index (χ1n) is 4.39. The van der Waals surface area contributed by atoms with Crippen LogP contribution in [0.3, 0.4) is 0 Å². The third kappa shape index (κ3) is 3.43. The van der Waals surface area contributed by atoms with Gasteiger partial charge in [0, 0.05) is 11.8 Å². The Balaban J connectivity index is 2.82. The smallest absolute Gasteiger partial charge is 0.273 e. The molecule has 0 heterocycles. The molecule has 6 heteroatoms. The summed E-state index contributed by atoms with van der Waals surface area (Å²) in [6, 6.07) is 4.04. The van der Waals surface area contributed by atoms with Crippen molar-refractivity contribution in [3.8, 4) is 5.75 Å². The SMILES string of the molecule is C=C(CS)COc1cc([N+](=O)[O-])ccc1Cl. The highest BCUT2D eigenvalue weighted by molar-refractivity contribution is 7.80. The van der Waals surface area contributed by atoms with Crippen LogP contribution in [0.5, 0.6) is 5.75 Å². The van der Waals surface area contributed by atoms with E-state index in [-0.39, 0.29) is 18.0 Å². The lowest BCUT2D eigenvalue weighted by Crippen LogP contribution is -2.02. The van der Waals surface area contributed by atoms with Gasteiger partial charge in [-0.25, -0.2) is 0 Å². The van der Waals surface area contributed by atoms with E-state index in [2.05, 4.69) is 19.2 Å². The highest BCUT2D eigenvalue weighted by Crippen LogP contribution is 2.29. The predicted molar refractivity (Wildman–Crippen MR) is 66.6 cm³/mol. The van der Waals surface area contributed by atoms with Crippen LogP contribution in [0.2, 0.25) is 5.02 Å². The molecule has 0 saturated heterocycles. The number of hydrogen-bond donors (Lipinski definition) is 1. The number of nitrogens with zero attached hydrogens (tertiary/aromatic N) is 1. The molecule has 0 aliphatic carbocycles. The molecular formula is C10H10ClNO3S. The summed E-state index contributed by atoms with van der Waals surface area (Å²) in [4.78, 5) is 10.0. The van der Waals surface area contributed by atoms with E-state index in [0.717, 1.165) is 5.57 Å². The predicted octanol–water partition coefficient (Wildman–Crippen LogP) is 3.11. The van der Waals surface area contributed by atoms with Crippen LogP contribution in [-0.4, -0.2) is 17.3 Å². The van der Waals surface area contributed by atoms with E-state index in [1.165, 1.54) is 18.2 Å². The molecule has 0 aliphatic heterocycles. The van der Waals surface area contributed by atoms with Crippen LogP contribution in [-0.2, 0) is 0 Å². The molecule has 0 N–H and O–H groups in total. The lowest BCUT2D eigenvalue weighted by molar-refractivity contribution is -0.384. The minimum absolute atomic E-state index is 0.0594. The number of hydrogen-bond acceptors (Lipinski definition) is 4. The van der Waals surface area contributed by atoms with Gasteiger partial charge in [0.05, 0.1) is 16.0 Å². The number of nitro benzene ring substituents is 1. The van der Waals surface area contributed by atoms with Crippen LogP contribution in [0.4, 0.5) is 5.69 Å². The first-order chi connectivity index (χ1) is 7.54. The number of ether oxygens (including phenoxy) is 1. The zero-order valence-electron chi connectivity index (χ0n) is 8.35. The van der Waals surface area contributed by atoms with Crippen molar-refractivity contribution in [2.24, 2.45) is 0 Å². The van der Waals surface area contributed by atoms with Crippen LogP contribution in [0.15, 0.2) is 30.4 Å². The molecule has 1 aromatic carbocycles. The molecule has 0 unspecified atom stereocenters. The third-order valence-electron chi connectivity index (χ3n) is 1.78. The van der Waals surface area contributed by atoms with Crippen LogP contribution in [0.1, 0.15) is 0 Å². The van der Waals surface area contributed by atoms with E-state index in [1.54, 1.807) is 0 Å². The Morgan fingerprint density at radius 1 is 1.62 bits per heavy atom. The maximum absolute atomic E-state index is 10.5. The van der Waals surface area contributed by atoms with Crippen molar-refractivity contribution < 1.29 is 9.66 Å². The van der Waals surface area contributed by atoms with Crippen molar-refractivity contribution in [3.05, 3.63) is 45.5 Å². The molecule has 0 atom stereocenters. The van der Waals surface area contributed by atoms with Crippen molar-refractivity contribution in [2.75, 3.05) is 12.4 Å². The van der Waals surface area contributed by atoms with Gasteiger partial charge < -0.3 is 4.74 Å². The fraction of sp³-hybridized carbons (Fsp3) is 0.200. The minimum atomic E-state index is -0.503. The number of nitro groups is 1. The molecule has 4 nitrogen and oxygen atoms in total. The molecule has 0 aromatic heterocycles. The lowest BCUT2D eigenvalue weighted by Gasteiger charge is -2.08. The van der Waals surface area contributed by atoms with Crippen LogP contribution in [0, 0.1) is 10.1 Å². The van der Waals surface area contributed by atoms with E-state index in [0.29, 0.717) is 10.8 Å². The monoisotopic (exact) mass is 259 g/mol. The summed E-state index contributed by atoms with van der Waals surface area (Å²) in [5.41, 5.74) is 0.710. The Morgan fingerprint density at radius 2 is 2.31 bits per heavy atom. The van der Waals surface area contributed by atoms with Crippen LogP contribution in [0.25, 0.3) is 0 Å². The molecule has 0 fully saturated rings. The van der Waals surface area contributed by atoms with E-state index >= 15 is 0 Å². The maximum Gasteiger partial charge on any atom is 0.273 e. The zero-order valence-corrected chi connectivity index (χ0v) is 10.0. The summed E-state index contributed by atoms with van der Waals surface area (Å²) in [5, 5.41) is 10.9. The summed E-state index contributed by atoms with van der Waals surface area (Å²) < 4.78 is 5.30. The van der Waals surface area contributed by atoms with Gasteiger partial charge in [0.1, 0.15) is 12.4 Å². The van der Waals surface area contributed by atoms with Gasteiger partial charge in [0.25, 0.3) is 5.69 Å². The first kappa shape index (κ1) is 12.9. The topological polar surface area (TPSA) is 52.4 Å². The summed E-state index contributed by atoms with van der Waals surface area (Å²) in [6.07, 6.45) is 0. The van der Waals surface area contributed by atoms with Crippen molar-refractivity contribution in [1.29, 1.82) is 0 Å². The van der Waals surface area contributed by atoms with Gasteiger partial charge in [0.2, 0.25) is 0 Å². The number of halogens is 1. The van der Waals surface area contributed by atoms with Crippen molar-refractivity contribution >= 4 is 29.9 Å². The molecule has 1 rings (SSSR count). The summed E-state index contributed by atoms with van der Waals surface area (Å²) in [6.45, 7) is 3.94. The Hall–Kier alpha value is -1.20. The standard InChI is InChI=1S/C10H10ClNO3S/c1-7(6-16)5-15-10-4-8(12(13)14)2-3-9(10)11/h2-4,16H,1,5-6H2. The minimum Gasteiger partial charge on any atom is -0.487 e. The number of benzene rings is 1. The average Bonchev–Trinajstić information content (AvgIpc) is 2.27. The maximum atomic E-state index is 10.5. The largest absolute Gasteiger partial charge is 0.487 e. The zero-order chi connectivity index (χ0) is 12.1. The molecule has 0 saturated carbocycles. The second kappa shape index (κ2) is 5.77. The third-order valence-corrected chi connectivity index (χ3v) is 2.54. The average molecular weight is 260 g/mol. The van der Waals surface area contributed by atoms with Crippen molar-refractivity contribution in [3.63, 3.8) is 0 Å². The molecular weight excluding hydrogens is 250 g/mol. The van der Waals surface area contributed by atoms with Crippen LogP contribution >= 0.6 is 24.2 Å². The molecule has 0 bridgehead atoms. The van der Waals surface area contributed by atoms with E-state index in [4.69, 9.17) is 16.3 Å². The molecule has 0 spiro atoms. The van der Waals surface area contributed by atoms with Gasteiger partial charge >= 0.3 is 0 Å². The summed E-state index contributed by atoms with van der Waals surface area (Å²) in [7, 11) is 0. The number of rotatable bonds is 5. The fourth-order valence-electron chi connectivity index (χ4n) is 0.942. The van der Waals surface area contributed by atoms with Gasteiger partial charge in [0.15, 0.2) is 0 Å². The van der Waals surface area contributed by atoms with Gasteiger partial charge in [-0.1, -0.05) is 18.2 Å². The van der Waals surface area contributed by atoms with Crippen molar-refractivity contribution in [2.45, 2.75) is 0 Å². The second-order valence-electron chi connectivity index (χ2n) is 3.07. The lowest BCUT2D eigenvalue weighted by atomic mass is 10.3. The van der Waals surface area contributed by atoms with Gasteiger partial charge in [-0.3, -0.25) is 10.1 Å². The number of non-ortho nitro benzene ring substituents is 1. The highest BCUT2D eigenvalue weighted by Gasteiger charge is 2.10. The quantitative estimate of drug-likeness (QED) is 0.383. The Kier molecular flexibility index (Phi) is 4.64. The Morgan fingerprint density at radius 3 is 2.88 bits per heavy atom. The summed E-state index contributed by atoms with van der Waals surface area (Å²) in [5.74, 6) is 0.769. The Labute approximate surface area is 103 Å². The molecule has 0 radical (unpaired) electrons. The normalized spacial score (nSPS) is 9.88. The first-order valence-corrected chi connectivity index (χ1v) is 5.40. The molecule has 16 heavy (non-hydrogen) atoms. The van der Waals surface area contributed by atoms with E-state index < -0.39 is 4.92 Å². The van der Waals surface area contributed by atoms with Gasteiger partial charge in [-0.2, -0.15) is 12.6 Å².